The highest BCUT2D eigenvalue weighted by molar-refractivity contribution is 5.75. The van der Waals surface area contributed by atoms with Gasteiger partial charge < -0.3 is 20.9 Å². The van der Waals surface area contributed by atoms with E-state index < -0.39 is 11.5 Å². The van der Waals surface area contributed by atoms with E-state index in [2.05, 4.69) is 5.32 Å². The lowest BCUT2D eigenvalue weighted by Gasteiger charge is -2.11. The maximum atomic E-state index is 11.5. The van der Waals surface area contributed by atoms with Crippen LogP contribution in [0.25, 0.3) is 0 Å². The van der Waals surface area contributed by atoms with Gasteiger partial charge in [-0.1, -0.05) is 0 Å². The number of carbonyl (C=O) groups is 1. The molecule has 1 aromatic carbocycles. The summed E-state index contributed by atoms with van der Waals surface area (Å²) in [6, 6.07) is 2.85. The zero-order valence-corrected chi connectivity index (χ0v) is 12.5. The second-order valence-electron chi connectivity index (χ2n) is 4.70. The lowest BCUT2D eigenvalue weighted by Crippen LogP contribution is -2.28. The number of nitro groups is 1. The van der Waals surface area contributed by atoms with E-state index in [1.165, 1.54) is 19.2 Å². The summed E-state index contributed by atoms with van der Waals surface area (Å²) in [6.07, 6.45) is 1.30. The van der Waals surface area contributed by atoms with Gasteiger partial charge in [0.05, 0.1) is 24.2 Å². The monoisotopic (exact) mass is 311 g/mol. The lowest BCUT2D eigenvalue weighted by molar-refractivity contribution is -0.385. The summed E-state index contributed by atoms with van der Waals surface area (Å²) in [5.74, 6) is 0.364. The van der Waals surface area contributed by atoms with Gasteiger partial charge >= 0.3 is 0 Å². The molecule has 0 bridgehead atoms. The Morgan fingerprint density at radius 3 is 2.73 bits per heavy atom. The highest BCUT2D eigenvalue weighted by atomic mass is 16.6. The van der Waals surface area contributed by atoms with E-state index in [4.69, 9.17) is 10.5 Å². The van der Waals surface area contributed by atoms with Crippen LogP contribution in [0.4, 0.5) is 5.69 Å². The van der Waals surface area contributed by atoms with Gasteiger partial charge in [-0.3, -0.25) is 14.9 Å². The van der Waals surface area contributed by atoms with Gasteiger partial charge in [0.1, 0.15) is 5.75 Å². The predicted molar refractivity (Wildman–Crippen MR) is 80.6 cm³/mol. The van der Waals surface area contributed by atoms with E-state index in [1.54, 1.807) is 0 Å². The van der Waals surface area contributed by atoms with E-state index in [1.807, 2.05) is 0 Å². The molecule has 0 radical (unpaired) electrons. The number of amides is 1. The molecule has 4 N–H and O–H groups in total. The number of nitrogens with zero attached hydrogens (tertiary/aromatic N) is 1. The predicted octanol–water partition coefficient (Wildman–Crippen LogP) is 0.493. The van der Waals surface area contributed by atoms with E-state index in [-0.39, 0.29) is 17.2 Å². The fraction of sp³-hybridized carbons (Fsp3) is 0.500. The van der Waals surface area contributed by atoms with E-state index in [0.717, 1.165) is 0 Å². The minimum atomic E-state index is -0.539. The van der Waals surface area contributed by atoms with Gasteiger partial charge in [-0.15, -0.1) is 0 Å². The molecule has 8 heteroatoms. The summed E-state index contributed by atoms with van der Waals surface area (Å²) >= 11 is 0. The van der Waals surface area contributed by atoms with Crippen molar-refractivity contribution in [2.24, 2.45) is 5.73 Å². The van der Waals surface area contributed by atoms with Gasteiger partial charge in [-0.25, -0.2) is 0 Å². The third-order valence-corrected chi connectivity index (χ3v) is 3.17. The number of aliphatic hydroxyl groups excluding tert-OH is 1. The average molecular weight is 311 g/mol. The number of hydrogen-bond donors (Lipinski definition) is 3. The highest BCUT2D eigenvalue weighted by Crippen LogP contribution is 2.29. The minimum absolute atomic E-state index is 0.106. The van der Waals surface area contributed by atoms with Crippen LogP contribution in [0.2, 0.25) is 0 Å². The molecule has 0 aliphatic rings. The first-order valence-electron chi connectivity index (χ1n) is 6.95. The van der Waals surface area contributed by atoms with Crippen LogP contribution in [-0.4, -0.2) is 36.1 Å². The fourth-order valence-electron chi connectivity index (χ4n) is 2.08. The van der Waals surface area contributed by atoms with Crippen molar-refractivity contribution < 1.29 is 19.6 Å². The van der Waals surface area contributed by atoms with E-state index in [9.17, 15) is 20.0 Å². The van der Waals surface area contributed by atoms with Gasteiger partial charge in [0.2, 0.25) is 5.91 Å². The van der Waals surface area contributed by atoms with Gasteiger partial charge in [0, 0.05) is 31.1 Å². The normalized spacial score (nSPS) is 10.3. The van der Waals surface area contributed by atoms with Gasteiger partial charge in [0.25, 0.3) is 5.69 Å². The number of rotatable bonds is 9. The average Bonchev–Trinajstić information content (AvgIpc) is 2.52. The smallest absolute Gasteiger partial charge is 0.275 e. The van der Waals surface area contributed by atoms with Crippen molar-refractivity contribution in [3.63, 3.8) is 0 Å². The number of ether oxygens (including phenoxy) is 1. The van der Waals surface area contributed by atoms with Gasteiger partial charge in [0.15, 0.2) is 0 Å². The molecule has 1 rings (SSSR count). The quantitative estimate of drug-likeness (QED) is 0.450. The molecule has 0 aliphatic carbocycles. The Kier molecular flexibility index (Phi) is 7.27. The van der Waals surface area contributed by atoms with E-state index in [0.29, 0.717) is 43.7 Å². The van der Waals surface area contributed by atoms with Crippen LogP contribution >= 0.6 is 0 Å². The molecule has 8 nitrogen and oxygen atoms in total. The number of aliphatic hydroxyl groups is 1. The zero-order valence-electron chi connectivity index (χ0n) is 12.5. The topological polar surface area (TPSA) is 128 Å². The van der Waals surface area contributed by atoms with Crippen molar-refractivity contribution in [2.45, 2.75) is 25.9 Å². The molecule has 22 heavy (non-hydrogen) atoms. The number of aryl methyl sites for hydroxylation is 1. The van der Waals surface area contributed by atoms with Crippen molar-refractivity contribution in [3.05, 3.63) is 33.4 Å². The molecular formula is C14H21N3O5. The summed E-state index contributed by atoms with van der Waals surface area (Å²) in [4.78, 5) is 22.0. The summed E-state index contributed by atoms with van der Waals surface area (Å²) in [6.45, 7) is 0.377. The summed E-state index contributed by atoms with van der Waals surface area (Å²) in [7, 11) is 1.46. The SMILES string of the molecule is COc1cc(CO)c([N+](=O)[O-])cc1CCCC(=O)NCCN. The van der Waals surface area contributed by atoms with Gasteiger partial charge in [-0.2, -0.15) is 0 Å². The van der Waals surface area contributed by atoms with Crippen LogP contribution in [0, 0.1) is 10.1 Å². The molecule has 0 unspecified atom stereocenters. The Balaban J connectivity index is 2.78. The molecule has 0 aliphatic heterocycles. The molecule has 0 spiro atoms. The fourth-order valence-corrected chi connectivity index (χ4v) is 2.08. The molecule has 0 atom stereocenters. The molecule has 0 saturated carbocycles. The largest absolute Gasteiger partial charge is 0.496 e. The van der Waals surface area contributed by atoms with Crippen LogP contribution in [0.5, 0.6) is 5.75 Å². The van der Waals surface area contributed by atoms with Crippen molar-refractivity contribution in [1.82, 2.24) is 5.32 Å². The summed E-state index contributed by atoms with van der Waals surface area (Å²) in [5, 5.41) is 22.9. The van der Waals surface area contributed by atoms with Crippen LogP contribution in [0.3, 0.4) is 0 Å². The second kappa shape index (κ2) is 8.96. The van der Waals surface area contributed by atoms with Crippen LogP contribution in [0.1, 0.15) is 24.0 Å². The Morgan fingerprint density at radius 2 is 2.18 bits per heavy atom. The number of hydrogen-bond acceptors (Lipinski definition) is 6. The molecular weight excluding hydrogens is 290 g/mol. The Bertz CT molecular complexity index is 533. The summed E-state index contributed by atoms with van der Waals surface area (Å²) in [5.41, 5.74) is 5.98. The van der Waals surface area contributed by atoms with Crippen LogP contribution in [0.15, 0.2) is 12.1 Å². The Hall–Kier alpha value is -2.19. The summed E-state index contributed by atoms with van der Waals surface area (Å²) < 4.78 is 5.19. The number of nitrogens with one attached hydrogen (secondary N) is 1. The molecule has 0 heterocycles. The maximum Gasteiger partial charge on any atom is 0.275 e. The van der Waals surface area contributed by atoms with Crippen molar-refractivity contribution >= 4 is 11.6 Å². The lowest BCUT2D eigenvalue weighted by atomic mass is 10.0. The number of methoxy groups -OCH3 is 1. The highest BCUT2D eigenvalue weighted by Gasteiger charge is 2.18. The second-order valence-corrected chi connectivity index (χ2v) is 4.70. The van der Waals surface area contributed by atoms with Gasteiger partial charge in [-0.05, 0) is 18.9 Å². The molecule has 1 amide bonds. The number of nitrogens with two attached hydrogens (primary N) is 1. The molecule has 1 aromatic rings. The first kappa shape index (κ1) is 17.9. The van der Waals surface area contributed by atoms with Crippen molar-refractivity contribution in [3.8, 4) is 5.75 Å². The van der Waals surface area contributed by atoms with Crippen molar-refractivity contribution in [1.29, 1.82) is 0 Å². The maximum absolute atomic E-state index is 11.5. The Morgan fingerprint density at radius 1 is 1.45 bits per heavy atom. The Labute approximate surface area is 128 Å². The zero-order chi connectivity index (χ0) is 16.5. The third-order valence-electron chi connectivity index (χ3n) is 3.17. The molecule has 0 fully saturated rings. The third kappa shape index (κ3) is 4.97. The minimum Gasteiger partial charge on any atom is -0.496 e. The molecule has 0 saturated heterocycles. The number of benzene rings is 1. The number of carbonyl (C=O) groups excluding carboxylic acids is 1. The molecule has 122 valence electrons. The first-order chi connectivity index (χ1) is 10.5. The van der Waals surface area contributed by atoms with Crippen LogP contribution in [-0.2, 0) is 17.8 Å². The first-order valence-corrected chi connectivity index (χ1v) is 6.95. The number of nitro benzene ring substituents is 1. The van der Waals surface area contributed by atoms with Crippen molar-refractivity contribution in [2.75, 3.05) is 20.2 Å². The molecule has 0 aromatic heterocycles. The van der Waals surface area contributed by atoms with Crippen LogP contribution < -0.4 is 15.8 Å². The standard InChI is InChI=1S/C14H21N3O5/c1-22-13-8-11(9-18)12(17(20)21)7-10(13)3-2-4-14(19)16-6-5-15/h7-8,18H,2-6,9,15H2,1H3,(H,16,19). The van der Waals surface area contributed by atoms with E-state index >= 15 is 0 Å².